The molecule has 0 radical (unpaired) electrons. The van der Waals surface area contributed by atoms with E-state index in [0.717, 1.165) is 10.9 Å². The molecule has 2 atom stereocenters. The predicted molar refractivity (Wildman–Crippen MR) is 84.2 cm³/mol. The lowest BCUT2D eigenvalue weighted by Crippen LogP contribution is -2.40. The Kier molecular flexibility index (Phi) is 2.65. The number of H-pyrrole nitrogens is 1. The third kappa shape index (κ3) is 1.64. The van der Waals surface area contributed by atoms with Crippen LogP contribution in [0.25, 0.3) is 10.9 Å². The Morgan fingerprint density at radius 3 is 2.61 bits per heavy atom. The number of hydrogen-bond acceptors (Lipinski definition) is 5. The van der Waals surface area contributed by atoms with Crippen LogP contribution in [0.5, 0.6) is 5.88 Å². The largest absolute Gasteiger partial charge is 0.481 e. The van der Waals surface area contributed by atoms with E-state index in [4.69, 9.17) is 4.74 Å². The zero-order valence-electron chi connectivity index (χ0n) is 13.1. The van der Waals surface area contributed by atoms with Crippen LogP contribution in [0.3, 0.4) is 0 Å². The molecule has 0 amide bonds. The molecule has 118 valence electrons. The molecule has 0 spiro atoms. The molecule has 1 aliphatic carbocycles. The van der Waals surface area contributed by atoms with E-state index in [2.05, 4.69) is 15.0 Å². The zero-order chi connectivity index (χ0) is 16.4. The second-order valence-electron chi connectivity index (χ2n) is 6.18. The first kappa shape index (κ1) is 14.2. The van der Waals surface area contributed by atoms with Gasteiger partial charge in [0.2, 0.25) is 5.88 Å². The number of aromatic nitrogens is 3. The van der Waals surface area contributed by atoms with Crippen LogP contribution >= 0.6 is 0 Å². The van der Waals surface area contributed by atoms with Gasteiger partial charge in [-0.25, -0.2) is 4.98 Å². The van der Waals surface area contributed by atoms with Gasteiger partial charge in [-0.2, -0.15) is 0 Å². The average Bonchev–Trinajstić information content (AvgIpc) is 2.94. The van der Waals surface area contributed by atoms with Crippen LogP contribution < -0.4 is 4.74 Å². The van der Waals surface area contributed by atoms with E-state index in [9.17, 15) is 10.2 Å². The summed E-state index contributed by atoms with van der Waals surface area (Å²) in [7, 11) is 1.50. The summed E-state index contributed by atoms with van der Waals surface area (Å²) in [5.41, 5.74) is 0.350. The Balaban J connectivity index is 2.18. The fourth-order valence-electron chi connectivity index (χ4n) is 3.64. The lowest BCUT2D eigenvalue weighted by atomic mass is 9.71. The van der Waals surface area contributed by atoms with Crippen LogP contribution in [0.1, 0.15) is 36.2 Å². The standard InChI is InChI=1S/C17H17N3O3/c1-16(21)10-4-7-19-15(23-3)13(10)17(2,22)12-9-8-18-6-5-11(9)20-14(12)16/h4-8,20-22H,1-3H3. The molecule has 4 rings (SSSR count). The van der Waals surface area contributed by atoms with E-state index in [0.29, 0.717) is 28.3 Å². The minimum atomic E-state index is -1.37. The fourth-order valence-corrected chi connectivity index (χ4v) is 3.64. The molecule has 3 heterocycles. The molecule has 0 fully saturated rings. The quantitative estimate of drug-likeness (QED) is 0.637. The molecule has 6 nitrogen and oxygen atoms in total. The number of methoxy groups -OCH3 is 1. The van der Waals surface area contributed by atoms with Gasteiger partial charge in [0.05, 0.1) is 18.4 Å². The highest BCUT2D eigenvalue weighted by Gasteiger charge is 2.49. The van der Waals surface area contributed by atoms with Gasteiger partial charge in [0.1, 0.15) is 11.2 Å². The first-order valence-electron chi connectivity index (χ1n) is 7.34. The molecule has 3 N–H and O–H groups in total. The van der Waals surface area contributed by atoms with Crippen molar-refractivity contribution in [2.45, 2.75) is 25.0 Å². The molecule has 0 aromatic carbocycles. The summed E-state index contributed by atoms with van der Waals surface area (Å²) in [6.07, 6.45) is 4.92. The van der Waals surface area contributed by atoms with Crippen molar-refractivity contribution in [3.8, 4) is 5.88 Å². The van der Waals surface area contributed by atoms with Gasteiger partial charge in [0.15, 0.2) is 0 Å². The van der Waals surface area contributed by atoms with Gasteiger partial charge in [0, 0.05) is 40.6 Å². The Morgan fingerprint density at radius 1 is 1.09 bits per heavy atom. The molecular formula is C17H17N3O3. The Bertz CT molecular complexity index is 928. The van der Waals surface area contributed by atoms with E-state index in [-0.39, 0.29) is 0 Å². The minimum absolute atomic E-state index is 0.302. The van der Waals surface area contributed by atoms with E-state index >= 15 is 0 Å². The molecule has 0 saturated carbocycles. The third-order valence-corrected chi connectivity index (χ3v) is 4.69. The van der Waals surface area contributed by atoms with E-state index in [1.807, 2.05) is 6.07 Å². The van der Waals surface area contributed by atoms with Gasteiger partial charge in [-0.3, -0.25) is 4.98 Å². The van der Waals surface area contributed by atoms with E-state index < -0.39 is 11.2 Å². The first-order chi connectivity index (χ1) is 10.9. The summed E-state index contributed by atoms with van der Waals surface area (Å²) in [5.74, 6) is 0.302. The lowest BCUT2D eigenvalue weighted by Gasteiger charge is -2.39. The van der Waals surface area contributed by atoms with Crippen molar-refractivity contribution in [1.29, 1.82) is 0 Å². The number of nitrogens with one attached hydrogen (secondary N) is 1. The molecule has 2 unspecified atom stereocenters. The van der Waals surface area contributed by atoms with Gasteiger partial charge in [-0.15, -0.1) is 0 Å². The van der Waals surface area contributed by atoms with Gasteiger partial charge in [-0.1, -0.05) is 0 Å². The highest BCUT2D eigenvalue weighted by atomic mass is 16.5. The topological polar surface area (TPSA) is 91.3 Å². The maximum absolute atomic E-state index is 11.3. The molecule has 1 aliphatic rings. The van der Waals surface area contributed by atoms with Crippen LogP contribution in [0, 0.1) is 0 Å². The van der Waals surface area contributed by atoms with Crippen LogP contribution in [0.15, 0.2) is 30.7 Å². The summed E-state index contributed by atoms with van der Waals surface area (Å²) in [6, 6.07) is 3.53. The van der Waals surface area contributed by atoms with Crippen LogP contribution in [0.4, 0.5) is 0 Å². The summed E-state index contributed by atoms with van der Waals surface area (Å²) in [6.45, 7) is 3.38. The first-order valence-corrected chi connectivity index (χ1v) is 7.34. The monoisotopic (exact) mass is 311 g/mol. The summed E-state index contributed by atoms with van der Waals surface area (Å²) < 4.78 is 5.34. The summed E-state index contributed by atoms with van der Waals surface area (Å²) in [5, 5.41) is 23.3. The smallest absolute Gasteiger partial charge is 0.219 e. The Labute approximate surface area is 132 Å². The molecule has 0 aliphatic heterocycles. The molecule has 3 aromatic heterocycles. The van der Waals surface area contributed by atoms with Crippen molar-refractivity contribution in [2.75, 3.05) is 7.11 Å². The molecule has 6 heteroatoms. The van der Waals surface area contributed by atoms with Gasteiger partial charge in [0.25, 0.3) is 0 Å². The van der Waals surface area contributed by atoms with Gasteiger partial charge >= 0.3 is 0 Å². The third-order valence-electron chi connectivity index (χ3n) is 4.69. The molecule has 23 heavy (non-hydrogen) atoms. The number of rotatable bonds is 1. The fraction of sp³-hybridized carbons (Fsp3) is 0.294. The maximum Gasteiger partial charge on any atom is 0.219 e. The number of nitrogens with zero attached hydrogens (tertiary/aromatic N) is 2. The van der Waals surface area contributed by atoms with Crippen LogP contribution in [0.2, 0.25) is 0 Å². The van der Waals surface area contributed by atoms with Gasteiger partial charge < -0.3 is 19.9 Å². The maximum atomic E-state index is 11.3. The van der Waals surface area contributed by atoms with Crippen LogP contribution in [-0.4, -0.2) is 32.3 Å². The van der Waals surface area contributed by atoms with E-state index in [1.165, 1.54) is 7.11 Å². The van der Waals surface area contributed by atoms with Crippen molar-refractivity contribution in [2.24, 2.45) is 0 Å². The zero-order valence-corrected chi connectivity index (χ0v) is 13.1. The second kappa shape index (κ2) is 4.31. The Hall–Kier alpha value is -2.44. The van der Waals surface area contributed by atoms with Crippen molar-refractivity contribution in [3.05, 3.63) is 53.1 Å². The number of pyridine rings is 2. The van der Waals surface area contributed by atoms with Crippen molar-refractivity contribution < 1.29 is 14.9 Å². The summed E-state index contributed by atoms with van der Waals surface area (Å²) >= 11 is 0. The van der Waals surface area contributed by atoms with Crippen LogP contribution in [-0.2, 0) is 11.2 Å². The molecule has 0 bridgehead atoms. The molecule has 0 saturated heterocycles. The predicted octanol–water partition coefficient (Wildman–Crippen LogP) is 1.79. The minimum Gasteiger partial charge on any atom is -0.481 e. The normalized spacial score (nSPS) is 26.0. The number of aromatic amines is 1. The van der Waals surface area contributed by atoms with Crippen molar-refractivity contribution >= 4 is 10.9 Å². The number of fused-ring (bicyclic) bond motifs is 4. The Morgan fingerprint density at radius 2 is 1.87 bits per heavy atom. The highest BCUT2D eigenvalue weighted by molar-refractivity contribution is 5.87. The lowest BCUT2D eigenvalue weighted by molar-refractivity contribution is 0.0469. The molecular weight excluding hydrogens is 294 g/mol. The van der Waals surface area contributed by atoms with Crippen molar-refractivity contribution in [1.82, 2.24) is 15.0 Å². The molecule has 3 aromatic rings. The highest BCUT2D eigenvalue weighted by Crippen LogP contribution is 2.51. The number of aliphatic hydroxyl groups is 2. The number of hydrogen-bond donors (Lipinski definition) is 3. The van der Waals surface area contributed by atoms with Crippen molar-refractivity contribution in [3.63, 3.8) is 0 Å². The van der Waals surface area contributed by atoms with E-state index in [1.54, 1.807) is 38.5 Å². The number of ether oxygens (including phenoxy) is 1. The van der Waals surface area contributed by atoms with Gasteiger partial charge in [-0.05, 0) is 26.0 Å². The SMILES string of the molecule is COc1nccc2c1C(C)(O)c1c([nH]c3ccncc13)C2(C)O. The summed E-state index contributed by atoms with van der Waals surface area (Å²) in [4.78, 5) is 11.6. The second-order valence-corrected chi connectivity index (χ2v) is 6.18. The average molecular weight is 311 g/mol.